The minimum absolute atomic E-state index is 0.289. The maximum absolute atomic E-state index is 10.1. The smallest absolute Gasteiger partial charge is 0.122 e. The van der Waals surface area contributed by atoms with Gasteiger partial charge in [-0.25, -0.2) is 0 Å². The van der Waals surface area contributed by atoms with E-state index in [0.717, 1.165) is 32.0 Å². The number of carbonyl (C=O) groups excluding carboxylic acids is 1. The number of aldehydes is 1. The number of aliphatic hydroxyl groups excluding tert-OH is 1. The molecule has 0 aliphatic heterocycles. The van der Waals surface area contributed by atoms with E-state index >= 15 is 0 Å². The van der Waals surface area contributed by atoms with Gasteiger partial charge in [-0.2, -0.15) is 0 Å². The fraction of sp³-hybridized carbons (Fsp3) is 0.786. The zero-order chi connectivity index (χ0) is 12.1. The molecule has 2 nitrogen and oxygen atoms in total. The Hall–Kier alpha value is -0.630. The molecule has 0 bridgehead atoms. The van der Waals surface area contributed by atoms with Crippen LogP contribution in [-0.2, 0) is 4.79 Å². The summed E-state index contributed by atoms with van der Waals surface area (Å²) in [4.78, 5) is 10.1. The van der Waals surface area contributed by atoms with Crippen LogP contribution in [-0.4, -0.2) is 17.5 Å². The Morgan fingerprint density at radius 3 is 2.38 bits per heavy atom. The van der Waals surface area contributed by atoms with Crippen molar-refractivity contribution < 1.29 is 9.90 Å². The second-order valence-corrected chi connectivity index (χ2v) is 4.31. The van der Waals surface area contributed by atoms with E-state index in [2.05, 4.69) is 19.1 Å². The van der Waals surface area contributed by atoms with Crippen molar-refractivity contribution in [3.05, 3.63) is 12.2 Å². The summed E-state index contributed by atoms with van der Waals surface area (Å²) in [5, 5.41) is 9.30. The van der Waals surface area contributed by atoms with Gasteiger partial charge in [0.1, 0.15) is 6.29 Å². The molecule has 0 aromatic rings. The van der Waals surface area contributed by atoms with E-state index in [1.54, 1.807) is 0 Å². The number of allylic oxidation sites excluding steroid dienone is 2. The Morgan fingerprint density at radius 1 is 1.06 bits per heavy atom. The summed E-state index contributed by atoms with van der Waals surface area (Å²) < 4.78 is 0. The molecule has 0 aliphatic carbocycles. The van der Waals surface area contributed by atoms with Crippen molar-refractivity contribution >= 4 is 6.29 Å². The largest absolute Gasteiger partial charge is 0.393 e. The summed E-state index contributed by atoms with van der Waals surface area (Å²) in [5.41, 5.74) is 0. The van der Waals surface area contributed by atoms with E-state index in [1.807, 2.05) is 0 Å². The predicted molar refractivity (Wildman–Crippen MR) is 68.4 cm³/mol. The van der Waals surface area contributed by atoms with Crippen molar-refractivity contribution in [3.63, 3.8) is 0 Å². The van der Waals surface area contributed by atoms with Gasteiger partial charge in [0.15, 0.2) is 0 Å². The number of carbonyl (C=O) groups is 1. The van der Waals surface area contributed by atoms with Crippen LogP contribution < -0.4 is 0 Å². The third kappa shape index (κ3) is 11.4. The van der Waals surface area contributed by atoms with E-state index in [9.17, 15) is 9.90 Å². The van der Waals surface area contributed by atoms with Crippen LogP contribution in [0.25, 0.3) is 0 Å². The molecule has 0 radical (unpaired) electrons. The first-order chi connectivity index (χ1) is 7.81. The molecule has 2 heteroatoms. The Morgan fingerprint density at radius 2 is 1.75 bits per heavy atom. The normalized spacial score (nSPS) is 13.1. The van der Waals surface area contributed by atoms with Gasteiger partial charge in [-0.05, 0) is 25.7 Å². The lowest BCUT2D eigenvalue weighted by atomic mass is 10.1. The molecule has 1 atom stereocenters. The minimum Gasteiger partial charge on any atom is -0.393 e. The number of aliphatic hydroxyl groups is 1. The van der Waals surface area contributed by atoms with Gasteiger partial charge in [-0.3, -0.25) is 0 Å². The quantitative estimate of drug-likeness (QED) is 0.332. The summed E-state index contributed by atoms with van der Waals surface area (Å²) in [7, 11) is 0. The minimum atomic E-state index is -0.419. The van der Waals surface area contributed by atoms with Crippen molar-refractivity contribution in [1.82, 2.24) is 0 Å². The first-order valence-corrected chi connectivity index (χ1v) is 6.58. The first kappa shape index (κ1) is 15.4. The van der Waals surface area contributed by atoms with Gasteiger partial charge in [0, 0.05) is 6.42 Å². The molecule has 0 aromatic carbocycles. The van der Waals surface area contributed by atoms with Crippen LogP contribution in [0.15, 0.2) is 12.2 Å². The van der Waals surface area contributed by atoms with E-state index in [4.69, 9.17) is 0 Å². The average molecular weight is 226 g/mol. The van der Waals surface area contributed by atoms with Crippen LogP contribution in [0.3, 0.4) is 0 Å². The number of unbranched alkanes of at least 4 members (excludes halogenated alkanes) is 5. The van der Waals surface area contributed by atoms with Gasteiger partial charge >= 0.3 is 0 Å². The third-order valence-electron chi connectivity index (χ3n) is 2.67. The highest BCUT2D eigenvalue weighted by molar-refractivity contribution is 5.49. The molecule has 0 spiro atoms. The molecule has 0 aliphatic rings. The standard InChI is InChI=1S/C14H26O2/c1-2-3-4-5-6-7-8-9-10-11-14(16)12-13-15/h5-6,13-14,16H,2-4,7-12H2,1H3. The zero-order valence-corrected chi connectivity index (χ0v) is 10.5. The van der Waals surface area contributed by atoms with Gasteiger partial charge in [-0.15, -0.1) is 0 Å². The van der Waals surface area contributed by atoms with Crippen LogP contribution >= 0.6 is 0 Å². The lowest BCUT2D eigenvalue weighted by Gasteiger charge is -2.05. The second-order valence-electron chi connectivity index (χ2n) is 4.31. The lowest BCUT2D eigenvalue weighted by Crippen LogP contribution is -2.06. The predicted octanol–water partition coefficient (Wildman–Crippen LogP) is 3.63. The molecule has 1 N–H and O–H groups in total. The third-order valence-corrected chi connectivity index (χ3v) is 2.67. The molecule has 16 heavy (non-hydrogen) atoms. The molecule has 0 saturated carbocycles. The molecule has 0 fully saturated rings. The Bertz CT molecular complexity index is 176. The highest BCUT2D eigenvalue weighted by Gasteiger charge is 2.01. The number of rotatable bonds is 11. The number of hydrogen-bond acceptors (Lipinski definition) is 2. The van der Waals surface area contributed by atoms with E-state index in [-0.39, 0.29) is 6.42 Å². The van der Waals surface area contributed by atoms with Crippen molar-refractivity contribution in [3.8, 4) is 0 Å². The molecule has 1 unspecified atom stereocenters. The molecule has 0 aromatic heterocycles. The van der Waals surface area contributed by atoms with Crippen LogP contribution in [0.2, 0.25) is 0 Å². The van der Waals surface area contributed by atoms with Crippen molar-refractivity contribution in [1.29, 1.82) is 0 Å². The van der Waals surface area contributed by atoms with Gasteiger partial charge < -0.3 is 9.90 Å². The van der Waals surface area contributed by atoms with Crippen LogP contribution in [0.5, 0.6) is 0 Å². The summed E-state index contributed by atoms with van der Waals surface area (Å²) in [6, 6.07) is 0. The van der Waals surface area contributed by atoms with Crippen LogP contribution in [0, 0.1) is 0 Å². The van der Waals surface area contributed by atoms with Crippen LogP contribution in [0.4, 0.5) is 0 Å². The zero-order valence-electron chi connectivity index (χ0n) is 10.5. The second kappa shape index (κ2) is 12.4. The Balaban J connectivity index is 3.14. The first-order valence-electron chi connectivity index (χ1n) is 6.58. The van der Waals surface area contributed by atoms with Gasteiger partial charge in [0.25, 0.3) is 0 Å². The van der Waals surface area contributed by atoms with Crippen molar-refractivity contribution in [2.75, 3.05) is 0 Å². The molecule has 0 heterocycles. The van der Waals surface area contributed by atoms with E-state index in [1.165, 1.54) is 25.7 Å². The molecular weight excluding hydrogens is 200 g/mol. The van der Waals surface area contributed by atoms with E-state index < -0.39 is 6.10 Å². The molecule has 0 rings (SSSR count). The van der Waals surface area contributed by atoms with E-state index in [0.29, 0.717) is 0 Å². The maximum Gasteiger partial charge on any atom is 0.122 e. The molecule has 0 amide bonds. The lowest BCUT2D eigenvalue weighted by molar-refractivity contribution is -0.109. The van der Waals surface area contributed by atoms with Crippen molar-refractivity contribution in [2.45, 2.75) is 70.8 Å². The summed E-state index contributed by atoms with van der Waals surface area (Å²) >= 11 is 0. The fourth-order valence-corrected chi connectivity index (χ4v) is 1.61. The monoisotopic (exact) mass is 226 g/mol. The fourth-order valence-electron chi connectivity index (χ4n) is 1.61. The summed E-state index contributed by atoms with van der Waals surface area (Å²) in [6.45, 7) is 2.21. The molecule has 94 valence electrons. The van der Waals surface area contributed by atoms with Gasteiger partial charge in [-0.1, -0.05) is 44.8 Å². The summed E-state index contributed by atoms with van der Waals surface area (Å²) in [5.74, 6) is 0. The summed E-state index contributed by atoms with van der Waals surface area (Å²) in [6.07, 6.45) is 14.2. The van der Waals surface area contributed by atoms with Crippen LogP contribution in [0.1, 0.15) is 64.7 Å². The van der Waals surface area contributed by atoms with Gasteiger partial charge in [0.05, 0.1) is 6.10 Å². The maximum atomic E-state index is 10.1. The average Bonchev–Trinajstić information content (AvgIpc) is 2.27. The highest BCUT2D eigenvalue weighted by Crippen LogP contribution is 2.08. The SMILES string of the molecule is CCCCC=CCCCCCC(O)CC=O. The topological polar surface area (TPSA) is 37.3 Å². The Kier molecular flexibility index (Phi) is 11.9. The highest BCUT2D eigenvalue weighted by atomic mass is 16.3. The van der Waals surface area contributed by atoms with Crippen molar-refractivity contribution in [2.24, 2.45) is 0 Å². The number of hydrogen-bond donors (Lipinski definition) is 1. The Labute approximate surface area is 99.7 Å². The molecule has 0 saturated heterocycles. The molecular formula is C14H26O2. The van der Waals surface area contributed by atoms with Gasteiger partial charge in [0.2, 0.25) is 0 Å².